The molecule has 1 aliphatic heterocycles. The van der Waals surface area contributed by atoms with Crippen molar-refractivity contribution in [1.82, 2.24) is 9.80 Å². The Bertz CT molecular complexity index is 824. The number of ether oxygens (including phenoxy) is 2. The van der Waals surface area contributed by atoms with E-state index in [1.165, 1.54) is 114 Å². The molecule has 0 saturated carbocycles. The van der Waals surface area contributed by atoms with E-state index in [4.69, 9.17) is 9.47 Å². The number of rotatable bonds is 36. The van der Waals surface area contributed by atoms with Crippen molar-refractivity contribution >= 4 is 28.9 Å². The van der Waals surface area contributed by atoms with Gasteiger partial charge in [-0.1, -0.05) is 149 Å². The Morgan fingerprint density at radius 2 is 0.963 bits per heavy atom. The lowest BCUT2D eigenvalue weighted by atomic mass is 10.0. The Morgan fingerprint density at radius 3 is 1.33 bits per heavy atom. The monoisotopic (exact) mass is 781 g/mol. The van der Waals surface area contributed by atoms with Gasteiger partial charge in [-0.3, -0.25) is 14.4 Å². The van der Waals surface area contributed by atoms with Crippen molar-refractivity contribution in [3.63, 3.8) is 0 Å². The van der Waals surface area contributed by atoms with Crippen LogP contribution < -0.4 is 0 Å². The van der Waals surface area contributed by atoms with Crippen LogP contribution in [0.25, 0.3) is 0 Å². The van der Waals surface area contributed by atoms with Crippen molar-refractivity contribution in [2.45, 2.75) is 245 Å². The number of amides is 1. The van der Waals surface area contributed by atoms with Crippen LogP contribution in [0.3, 0.4) is 0 Å². The summed E-state index contributed by atoms with van der Waals surface area (Å²) >= 11 is 1.46. The van der Waals surface area contributed by atoms with Crippen LogP contribution in [0.2, 0.25) is 0 Å². The van der Waals surface area contributed by atoms with E-state index in [9.17, 15) is 14.4 Å². The van der Waals surface area contributed by atoms with Gasteiger partial charge in [-0.15, -0.1) is 0 Å². The second-order valence-corrected chi connectivity index (χ2v) is 17.5. The summed E-state index contributed by atoms with van der Waals surface area (Å²) in [5, 5.41) is 0.364. The van der Waals surface area contributed by atoms with Crippen molar-refractivity contribution in [2.24, 2.45) is 0 Å². The van der Waals surface area contributed by atoms with Crippen molar-refractivity contribution in [3.05, 3.63) is 0 Å². The highest BCUT2D eigenvalue weighted by atomic mass is 32.2. The molecule has 0 aromatic heterocycles. The highest BCUT2D eigenvalue weighted by Crippen LogP contribution is 2.26. The van der Waals surface area contributed by atoms with Gasteiger partial charge in [0.2, 0.25) is 0 Å². The smallest absolute Gasteiger partial charge is 0.306 e. The number of carbonyl (C=O) groups excluding carboxylic acids is 3. The number of unbranched alkanes of at least 4 members (excludes halogenated alkanes) is 16. The molecule has 0 aromatic rings. The lowest BCUT2D eigenvalue weighted by molar-refractivity contribution is -0.150. The Kier molecular flexibility index (Phi) is 33.9. The highest BCUT2D eigenvalue weighted by Gasteiger charge is 2.25. The van der Waals surface area contributed by atoms with Crippen molar-refractivity contribution in [3.8, 4) is 0 Å². The molecular formula is C46H88N2O5S. The summed E-state index contributed by atoms with van der Waals surface area (Å²) in [4.78, 5) is 44.3. The first kappa shape index (κ1) is 50.7. The van der Waals surface area contributed by atoms with E-state index in [1.807, 2.05) is 4.90 Å². The van der Waals surface area contributed by atoms with Crippen LogP contribution in [0, 0.1) is 0 Å². The number of hydrogen-bond acceptors (Lipinski definition) is 7. The van der Waals surface area contributed by atoms with Gasteiger partial charge < -0.3 is 19.3 Å². The van der Waals surface area contributed by atoms with E-state index in [1.54, 1.807) is 0 Å². The lowest BCUT2D eigenvalue weighted by Gasteiger charge is -2.32. The molecule has 1 fully saturated rings. The Labute approximate surface area is 339 Å². The second kappa shape index (κ2) is 36.1. The molecule has 0 N–H and O–H groups in total. The Balaban J connectivity index is 2.75. The minimum Gasteiger partial charge on any atom is -0.462 e. The molecule has 1 atom stereocenters. The fraction of sp³-hybridized carbons (Fsp3) is 0.935. The molecule has 318 valence electrons. The second-order valence-electron chi connectivity index (χ2n) is 16.3. The van der Waals surface area contributed by atoms with E-state index in [0.717, 1.165) is 83.8 Å². The minimum atomic E-state index is -0.132. The van der Waals surface area contributed by atoms with Crippen LogP contribution in [-0.2, 0) is 19.1 Å². The molecule has 1 heterocycles. The van der Waals surface area contributed by atoms with E-state index in [-0.39, 0.29) is 34.6 Å². The molecule has 7 nitrogen and oxygen atoms in total. The van der Waals surface area contributed by atoms with E-state index in [0.29, 0.717) is 38.8 Å². The Hall–Kier alpha value is -1.28. The van der Waals surface area contributed by atoms with Crippen LogP contribution in [0.1, 0.15) is 227 Å². The lowest BCUT2D eigenvalue weighted by Crippen LogP contribution is -2.39. The number of piperidine rings is 1. The summed E-state index contributed by atoms with van der Waals surface area (Å²) in [6.07, 6.45) is 32.1. The summed E-state index contributed by atoms with van der Waals surface area (Å²) in [6, 6.07) is 0. The number of thioether (sulfide) groups is 1. The van der Waals surface area contributed by atoms with E-state index >= 15 is 0 Å². The predicted octanol–water partition coefficient (Wildman–Crippen LogP) is 13.5. The quantitative estimate of drug-likeness (QED) is 0.0463. The van der Waals surface area contributed by atoms with Gasteiger partial charge in [0.15, 0.2) is 0 Å². The largest absolute Gasteiger partial charge is 0.462 e. The molecule has 0 radical (unpaired) electrons. The van der Waals surface area contributed by atoms with Crippen molar-refractivity contribution in [2.75, 3.05) is 32.7 Å². The van der Waals surface area contributed by atoms with Gasteiger partial charge in [0, 0.05) is 37.7 Å². The van der Waals surface area contributed by atoms with Crippen LogP contribution >= 0.6 is 11.8 Å². The molecule has 1 aliphatic rings. The summed E-state index contributed by atoms with van der Waals surface area (Å²) in [5.74, 6) is -0.265. The summed E-state index contributed by atoms with van der Waals surface area (Å²) in [7, 11) is 0. The standard InChI is InChI=1S/C46H88N2O5S/c1-6-11-15-19-23-30-41(31-24-20-16-12-7-2)52-44(49)35-28-38-48(46(51)54-43-34-27-37-47(10-5)40-43)39-29-36-45(50)53-42(32-25-21-17-13-8-3)33-26-22-18-14-9-4/h41-43H,6-40H2,1-5H3. The maximum absolute atomic E-state index is 13.7. The van der Waals surface area contributed by atoms with Gasteiger partial charge in [0.05, 0.1) is 0 Å². The summed E-state index contributed by atoms with van der Waals surface area (Å²) in [6.45, 7) is 15.2. The van der Waals surface area contributed by atoms with Crippen LogP contribution in [0.4, 0.5) is 4.79 Å². The highest BCUT2D eigenvalue weighted by molar-refractivity contribution is 8.14. The third-order valence-electron chi connectivity index (χ3n) is 11.2. The molecule has 54 heavy (non-hydrogen) atoms. The average Bonchev–Trinajstić information content (AvgIpc) is 3.16. The van der Waals surface area contributed by atoms with Gasteiger partial charge in [-0.25, -0.2) is 0 Å². The number of nitrogens with zero attached hydrogens (tertiary/aromatic N) is 2. The van der Waals surface area contributed by atoms with Crippen LogP contribution in [-0.4, -0.2) is 77.2 Å². The molecule has 1 rings (SSSR count). The maximum atomic E-state index is 13.7. The van der Waals surface area contributed by atoms with Gasteiger partial charge in [0.1, 0.15) is 12.2 Å². The minimum absolute atomic E-state index is 0.00405. The maximum Gasteiger partial charge on any atom is 0.306 e. The molecule has 1 unspecified atom stereocenters. The van der Waals surface area contributed by atoms with Crippen molar-refractivity contribution in [1.29, 1.82) is 0 Å². The topological polar surface area (TPSA) is 76.1 Å². The SMILES string of the molecule is CCCCCCCC(CCCCCCC)OC(=O)CCCN(CCCC(=O)OC(CCCCCCC)CCCCCCC)C(=O)SC1CCCN(CC)C1. The first-order valence-corrected chi connectivity index (χ1v) is 24.3. The zero-order valence-corrected chi connectivity index (χ0v) is 37.1. The first-order valence-electron chi connectivity index (χ1n) is 23.4. The summed E-state index contributed by atoms with van der Waals surface area (Å²) < 4.78 is 12.2. The summed E-state index contributed by atoms with van der Waals surface area (Å²) in [5.41, 5.74) is 0. The molecule has 0 aliphatic carbocycles. The number of likely N-dealkylation sites (tertiary alicyclic amines) is 1. The van der Waals surface area contributed by atoms with Crippen LogP contribution in [0.15, 0.2) is 0 Å². The first-order chi connectivity index (χ1) is 26.4. The molecule has 8 heteroatoms. The zero-order valence-electron chi connectivity index (χ0n) is 36.3. The third-order valence-corrected chi connectivity index (χ3v) is 12.3. The van der Waals surface area contributed by atoms with Gasteiger partial charge >= 0.3 is 11.9 Å². The number of carbonyl (C=O) groups is 3. The molecule has 0 aromatic carbocycles. The fourth-order valence-electron chi connectivity index (χ4n) is 7.65. The Morgan fingerprint density at radius 1 is 0.574 bits per heavy atom. The molecule has 1 saturated heterocycles. The van der Waals surface area contributed by atoms with Gasteiger partial charge in [-0.2, -0.15) is 0 Å². The molecular weight excluding hydrogens is 693 g/mol. The molecule has 0 spiro atoms. The number of esters is 2. The fourth-order valence-corrected chi connectivity index (χ4v) is 8.84. The predicted molar refractivity (Wildman–Crippen MR) is 231 cm³/mol. The average molecular weight is 781 g/mol. The molecule has 1 amide bonds. The van der Waals surface area contributed by atoms with Crippen LogP contribution in [0.5, 0.6) is 0 Å². The van der Waals surface area contributed by atoms with E-state index < -0.39 is 0 Å². The third kappa shape index (κ3) is 28.2. The molecule has 0 bridgehead atoms. The zero-order chi connectivity index (χ0) is 39.5. The van der Waals surface area contributed by atoms with Crippen molar-refractivity contribution < 1.29 is 23.9 Å². The van der Waals surface area contributed by atoms with Gasteiger partial charge in [-0.05, 0) is 90.1 Å². The van der Waals surface area contributed by atoms with E-state index in [2.05, 4.69) is 39.5 Å². The van der Waals surface area contributed by atoms with Gasteiger partial charge in [0.25, 0.3) is 5.24 Å². The normalized spacial score (nSPS) is 14.9. The number of hydrogen-bond donors (Lipinski definition) is 0.